The van der Waals surface area contributed by atoms with Crippen molar-refractivity contribution < 1.29 is 22.7 Å². The van der Waals surface area contributed by atoms with Crippen LogP contribution in [-0.2, 0) is 21.2 Å². The summed E-state index contributed by atoms with van der Waals surface area (Å²) in [5, 5.41) is 10.7. The summed E-state index contributed by atoms with van der Waals surface area (Å²) in [7, 11) is -4.20. The van der Waals surface area contributed by atoms with Crippen molar-refractivity contribution in [2.24, 2.45) is 0 Å². The molecular weight excluding hydrogens is 429 g/mol. The minimum Gasteiger partial charge on any atom is -0.502 e. The molecule has 0 spiro atoms. The number of aliphatic hydroxyl groups is 1. The molecule has 0 aliphatic carbocycles. The van der Waals surface area contributed by atoms with Gasteiger partial charge in [0.15, 0.2) is 5.76 Å². The Morgan fingerprint density at radius 3 is 1.97 bits per heavy atom. The van der Waals surface area contributed by atoms with Crippen molar-refractivity contribution in [3.05, 3.63) is 112 Å². The molecule has 3 aromatic carbocycles. The summed E-state index contributed by atoms with van der Waals surface area (Å²) in [4.78, 5) is 13.9. The van der Waals surface area contributed by atoms with Crippen molar-refractivity contribution in [3.63, 3.8) is 0 Å². The van der Waals surface area contributed by atoms with Crippen molar-refractivity contribution >= 4 is 15.7 Å². The molecule has 1 atom stereocenters. The normalized spacial score (nSPS) is 16.7. The van der Waals surface area contributed by atoms with Gasteiger partial charge in [0.2, 0.25) is 9.84 Å². The number of sulfone groups is 1. The van der Waals surface area contributed by atoms with Crippen molar-refractivity contribution in [1.82, 2.24) is 4.90 Å². The second kappa shape index (κ2) is 8.24. The number of nitrogens with zero attached hydrogens (tertiary/aromatic N) is 1. The fourth-order valence-electron chi connectivity index (χ4n) is 3.78. The van der Waals surface area contributed by atoms with Crippen LogP contribution in [0.1, 0.15) is 28.3 Å². The molecule has 1 heterocycles. The Labute approximate surface area is 186 Å². The van der Waals surface area contributed by atoms with Crippen molar-refractivity contribution in [3.8, 4) is 0 Å². The molecule has 164 valence electrons. The monoisotopic (exact) mass is 451 g/mol. The minimum atomic E-state index is -4.20. The predicted molar refractivity (Wildman–Crippen MR) is 119 cm³/mol. The molecule has 3 aromatic rings. The van der Waals surface area contributed by atoms with Gasteiger partial charge < -0.3 is 10.0 Å². The molecular formula is C25H22FNO4S. The highest BCUT2D eigenvalue weighted by Crippen LogP contribution is 2.43. The maximum absolute atomic E-state index is 13.6. The van der Waals surface area contributed by atoms with Gasteiger partial charge >= 0.3 is 0 Å². The van der Waals surface area contributed by atoms with Crippen molar-refractivity contribution in [2.75, 3.05) is 0 Å². The number of hydrogen-bond acceptors (Lipinski definition) is 4. The Bertz CT molecular complexity index is 1300. The average Bonchev–Trinajstić information content (AvgIpc) is 3.01. The number of halogens is 1. The summed E-state index contributed by atoms with van der Waals surface area (Å²) in [6.07, 6.45) is 0. The lowest BCUT2D eigenvalue weighted by Crippen LogP contribution is -2.30. The van der Waals surface area contributed by atoms with Crippen molar-refractivity contribution in [2.45, 2.75) is 31.3 Å². The third kappa shape index (κ3) is 3.91. The van der Waals surface area contributed by atoms with E-state index in [-0.39, 0.29) is 11.4 Å². The summed E-state index contributed by atoms with van der Waals surface area (Å²) < 4.78 is 40.6. The Hall–Kier alpha value is -3.45. The number of aliphatic hydroxyl groups excluding tert-OH is 1. The highest BCUT2D eigenvalue weighted by molar-refractivity contribution is 7.95. The molecule has 0 unspecified atom stereocenters. The third-order valence-electron chi connectivity index (χ3n) is 5.54. The predicted octanol–water partition coefficient (Wildman–Crippen LogP) is 4.77. The van der Waals surface area contributed by atoms with Crippen LogP contribution in [0.4, 0.5) is 4.39 Å². The molecule has 4 rings (SSSR count). The molecule has 0 bridgehead atoms. The van der Waals surface area contributed by atoms with E-state index in [1.54, 1.807) is 12.1 Å². The molecule has 1 amide bonds. The Balaban J connectivity index is 1.84. The van der Waals surface area contributed by atoms with Gasteiger partial charge in [-0.2, -0.15) is 0 Å². The standard InChI is InChI=1S/C25H22FNO4S/c1-16-3-7-18(8-4-16)15-27-22(19-9-11-20(26)12-10-19)24(23(28)25(27)29)32(30,31)21-13-5-17(2)6-14-21/h3-14,22,28H,15H2,1-2H3/t22-/m0/s1. The Morgan fingerprint density at radius 1 is 0.875 bits per heavy atom. The SMILES string of the molecule is Cc1ccc(CN2C(=O)C(O)=C(S(=O)(=O)c3ccc(C)cc3)[C@@H]2c2ccc(F)cc2)cc1. The second-order valence-electron chi connectivity index (χ2n) is 7.90. The molecule has 1 N–H and O–H groups in total. The fourth-order valence-corrected chi connectivity index (χ4v) is 5.43. The zero-order valence-electron chi connectivity index (χ0n) is 17.6. The molecule has 1 aliphatic rings. The summed E-state index contributed by atoms with van der Waals surface area (Å²) in [5.74, 6) is -2.09. The second-order valence-corrected chi connectivity index (χ2v) is 9.82. The molecule has 7 heteroatoms. The molecule has 0 radical (unpaired) electrons. The van der Waals surface area contributed by atoms with Gasteiger partial charge in [0.25, 0.3) is 5.91 Å². The summed E-state index contributed by atoms with van der Waals surface area (Å²) in [5.41, 5.74) is 3.08. The van der Waals surface area contributed by atoms with Crippen LogP contribution < -0.4 is 0 Å². The molecule has 0 saturated heterocycles. The zero-order chi connectivity index (χ0) is 23.0. The van der Waals surface area contributed by atoms with E-state index in [0.29, 0.717) is 5.56 Å². The lowest BCUT2D eigenvalue weighted by molar-refractivity contribution is -0.130. The molecule has 32 heavy (non-hydrogen) atoms. The fraction of sp³-hybridized carbons (Fsp3) is 0.160. The maximum Gasteiger partial charge on any atom is 0.290 e. The number of hydrogen-bond donors (Lipinski definition) is 1. The van der Waals surface area contributed by atoms with Crippen LogP contribution in [-0.4, -0.2) is 24.3 Å². The van der Waals surface area contributed by atoms with Crippen LogP contribution >= 0.6 is 0 Å². The average molecular weight is 452 g/mol. The molecule has 0 fully saturated rings. The summed E-state index contributed by atoms with van der Waals surface area (Å²) >= 11 is 0. The van der Waals surface area contributed by atoms with Gasteiger partial charge in [-0.05, 0) is 49.2 Å². The van der Waals surface area contributed by atoms with Crippen LogP contribution in [0.2, 0.25) is 0 Å². The first-order valence-electron chi connectivity index (χ1n) is 10.1. The minimum absolute atomic E-state index is 0.0262. The largest absolute Gasteiger partial charge is 0.502 e. The van der Waals surface area contributed by atoms with E-state index < -0.39 is 38.3 Å². The lowest BCUT2D eigenvalue weighted by Gasteiger charge is -2.27. The van der Waals surface area contributed by atoms with Gasteiger partial charge in [0.1, 0.15) is 10.7 Å². The van der Waals surface area contributed by atoms with Gasteiger partial charge in [0, 0.05) is 6.54 Å². The van der Waals surface area contributed by atoms with E-state index >= 15 is 0 Å². The van der Waals surface area contributed by atoms with Crippen molar-refractivity contribution in [1.29, 1.82) is 0 Å². The highest BCUT2D eigenvalue weighted by atomic mass is 32.2. The molecule has 1 aliphatic heterocycles. The van der Waals surface area contributed by atoms with Gasteiger partial charge in [-0.1, -0.05) is 59.7 Å². The van der Waals surface area contributed by atoms with E-state index in [0.717, 1.165) is 16.7 Å². The smallest absolute Gasteiger partial charge is 0.290 e. The molecule has 0 saturated carbocycles. The zero-order valence-corrected chi connectivity index (χ0v) is 18.4. The van der Waals surface area contributed by atoms with E-state index in [4.69, 9.17) is 0 Å². The van der Waals surface area contributed by atoms with Crippen LogP contribution in [0.5, 0.6) is 0 Å². The summed E-state index contributed by atoms with van der Waals surface area (Å²) in [6, 6.07) is 17.8. The first-order valence-corrected chi connectivity index (χ1v) is 11.5. The van der Waals surface area contributed by atoms with Gasteiger partial charge in [-0.3, -0.25) is 4.79 Å². The quantitative estimate of drug-likeness (QED) is 0.606. The van der Waals surface area contributed by atoms with Crippen LogP contribution in [0.15, 0.2) is 88.4 Å². The molecule has 5 nitrogen and oxygen atoms in total. The van der Waals surface area contributed by atoms with Crippen LogP contribution in [0.25, 0.3) is 0 Å². The number of rotatable bonds is 5. The number of amides is 1. The first-order chi connectivity index (χ1) is 15.2. The summed E-state index contributed by atoms with van der Waals surface area (Å²) in [6.45, 7) is 3.85. The topological polar surface area (TPSA) is 74.7 Å². The van der Waals surface area contributed by atoms with E-state index in [1.807, 2.05) is 38.1 Å². The van der Waals surface area contributed by atoms with Gasteiger partial charge in [-0.25, -0.2) is 12.8 Å². The Morgan fingerprint density at radius 2 is 1.41 bits per heavy atom. The van der Waals surface area contributed by atoms with Gasteiger partial charge in [-0.15, -0.1) is 0 Å². The van der Waals surface area contributed by atoms with E-state index in [1.165, 1.54) is 41.3 Å². The number of benzene rings is 3. The number of aryl methyl sites for hydroxylation is 2. The maximum atomic E-state index is 13.6. The van der Waals surface area contributed by atoms with E-state index in [2.05, 4.69) is 0 Å². The van der Waals surface area contributed by atoms with Crippen LogP contribution in [0.3, 0.4) is 0 Å². The lowest BCUT2D eigenvalue weighted by atomic mass is 10.1. The van der Waals surface area contributed by atoms with E-state index in [9.17, 15) is 22.7 Å². The van der Waals surface area contributed by atoms with Gasteiger partial charge in [0.05, 0.1) is 10.9 Å². The first kappa shape index (κ1) is 21.8. The molecule has 0 aromatic heterocycles. The third-order valence-corrected chi connectivity index (χ3v) is 7.43. The Kier molecular flexibility index (Phi) is 5.60. The number of carbonyl (C=O) groups is 1. The highest BCUT2D eigenvalue weighted by Gasteiger charge is 2.46. The van der Waals surface area contributed by atoms with Crippen LogP contribution in [0, 0.1) is 19.7 Å². The number of carbonyl (C=O) groups excluding carboxylic acids is 1.